The second-order valence-electron chi connectivity index (χ2n) is 5.53. The average Bonchev–Trinajstić information content (AvgIpc) is 3.09. The highest BCUT2D eigenvalue weighted by Crippen LogP contribution is 2.36. The van der Waals surface area contributed by atoms with Crippen molar-refractivity contribution in [2.45, 2.75) is 50.1 Å². The number of hydrogen-bond acceptors (Lipinski definition) is 5. The molecular formula is C15H18N4OS. The minimum Gasteiger partial charge on any atom is -0.355 e. The Morgan fingerprint density at radius 2 is 2.38 bits per heavy atom. The molecule has 0 spiro atoms. The van der Waals surface area contributed by atoms with Gasteiger partial charge in [-0.3, -0.25) is 4.79 Å². The molecule has 0 saturated heterocycles. The van der Waals surface area contributed by atoms with Gasteiger partial charge in [-0.05, 0) is 19.3 Å². The molecule has 1 aliphatic heterocycles. The first-order valence-electron chi connectivity index (χ1n) is 7.32. The lowest BCUT2D eigenvalue weighted by atomic mass is 9.90. The summed E-state index contributed by atoms with van der Waals surface area (Å²) in [6.07, 6.45) is 10.4. The Hall–Kier alpha value is -1.74. The summed E-state index contributed by atoms with van der Waals surface area (Å²) in [4.78, 5) is 18.0. The topological polar surface area (TPSA) is 66.7 Å². The predicted molar refractivity (Wildman–Crippen MR) is 81.1 cm³/mol. The molecule has 0 radical (unpaired) electrons. The molecule has 1 atom stereocenters. The van der Waals surface area contributed by atoms with Crippen LogP contribution in [0.2, 0.25) is 0 Å². The Bertz CT molecular complexity index is 595. The first-order valence-corrected chi connectivity index (χ1v) is 8.19. The van der Waals surface area contributed by atoms with Crippen LogP contribution in [0.25, 0.3) is 0 Å². The number of aromatic nitrogens is 1. The number of nitrogens with one attached hydrogen (secondary N) is 1. The average molecular weight is 302 g/mol. The van der Waals surface area contributed by atoms with Gasteiger partial charge in [0, 0.05) is 30.7 Å². The van der Waals surface area contributed by atoms with Gasteiger partial charge in [0.25, 0.3) is 0 Å². The van der Waals surface area contributed by atoms with Crippen LogP contribution in [0.1, 0.15) is 48.6 Å². The number of aryl methyl sites for hydroxylation is 1. The van der Waals surface area contributed by atoms with E-state index < -0.39 is 0 Å². The number of fused-ring (bicyclic) bond motifs is 1. The SMILES string of the molecule is C#CCCC1(CCNC(=O)C2CCCc3scnc32)N=N1. The molecule has 0 aromatic carbocycles. The molecule has 0 fully saturated rings. The van der Waals surface area contributed by atoms with E-state index in [-0.39, 0.29) is 17.5 Å². The number of carbonyl (C=O) groups is 1. The normalized spacial score (nSPS) is 21.4. The van der Waals surface area contributed by atoms with Crippen LogP contribution >= 0.6 is 11.3 Å². The van der Waals surface area contributed by atoms with Crippen molar-refractivity contribution in [1.29, 1.82) is 0 Å². The summed E-state index contributed by atoms with van der Waals surface area (Å²) in [5, 5.41) is 11.2. The summed E-state index contributed by atoms with van der Waals surface area (Å²) in [5.41, 5.74) is 2.50. The van der Waals surface area contributed by atoms with E-state index >= 15 is 0 Å². The monoisotopic (exact) mass is 302 g/mol. The van der Waals surface area contributed by atoms with Crippen LogP contribution in [0, 0.1) is 12.3 Å². The zero-order valence-electron chi connectivity index (χ0n) is 11.8. The smallest absolute Gasteiger partial charge is 0.229 e. The van der Waals surface area contributed by atoms with Crippen molar-refractivity contribution in [3.63, 3.8) is 0 Å². The van der Waals surface area contributed by atoms with Crippen molar-refractivity contribution in [2.24, 2.45) is 10.2 Å². The highest BCUT2D eigenvalue weighted by atomic mass is 32.1. The third-order valence-corrected chi connectivity index (χ3v) is 5.00. The second-order valence-corrected chi connectivity index (χ2v) is 6.47. The number of nitrogens with zero attached hydrogens (tertiary/aromatic N) is 3. The maximum atomic E-state index is 12.3. The number of rotatable bonds is 6. The maximum Gasteiger partial charge on any atom is 0.229 e. The summed E-state index contributed by atoms with van der Waals surface area (Å²) < 4.78 is 0. The standard InChI is InChI=1S/C15H18N4OS/c1-2-3-7-15(18-19-15)8-9-16-14(20)11-5-4-6-12-13(11)17-10-21-12/h1,10-11H,3-9H2,(H,16,20). The van der Waals surface area contributed by atoms with Gasteiger partial charge in [0.1, 0.15) is 0 Å². The number of carbonyl (C=O) groups excluding carboxylic acids is 1. The minimum atomic E-state index is -0.321. The molecule has 1 N–H and O–H groups in total. The summed E-state index contributed by atoms with van der Waals surface area (Å²) in [6, 6.07) is 0. The van der Waals surface area contributed by atoms with Gasteiger partial charge in [-0.1, -0.05) is 0 Å². The Morgan fingerprint density at radius 3 is 3.14 bits per heavy atom. The molecule has 1 amide bonds. The molecule has 0 saturated carbocycles. The van der Waals surface area contributed by atoms with Gasteiger partial charge in [0.15, 0.2) is 5.66 Å². The molecule has 1 aromatic heterocycles. The van der Waals surface area contributed by atoms with Crippen molar-refractivity contribution in [3.8, 4) is 12.3 Å². The third kappa shape index (κ3) is 3.13. The van der Waals surface area contributed by atoms with Gasteiger partial charge in [0.2, 0.25) is 5.91 Å². The van der Waals surface area contributed by atoms with Gasteiger partial charge in [-0.25, -0.2) is 4.98 Å². The highest BCUT2D eigenvalue weighted by Gasteiger charge is 2.39. The van der Waals surface area contributed by atoms with Crippen molar-refractivity contribution in [2.75, 3.05) is 6.54 Å². The first kappa shape index (κ1) is 14.2. The number of terminal acetylenes is 1. The van der Waals surface area contributed by atoms with Gasteiger partial charge in [-0.2, -0.15) is 10.2 Å². The molecule has 2 heterocycles. The summed E-state index contributed by atoms with van der Waals surface area (Å²) in [5.74, 6) is 2.60. The van der Waals surface area contributed by atoms with Gasteiger partial charge in [0.05, 0.1) is 17.1 Å². The number of thiazole rings is 1. The number of amides is 1. The van der Waals surface area contributed by atoms with E-state index in [0.29, 0.717) is 13.0 Å². The fourth-order valence-electron chi connectivity index (χ4n) is 2.79. The predicted octanol–water partition coefficient (Wildman–Crippen LogP) is 2.64. The van der Waals surface area contributed by atoms with E-state index in [4.69, 9.17) is 6.42 Å². The van der Waals surface area contributed by atoms with E-state index in [1.165, 1.54) is 4.88 Å². The molecule has 0 bridgehead atoms. The van der Waals surface area contributed by atoms with Crippen molar-refractivity contribution < 1.29 is 4.79 Å². The molecule has 21 heavy (non-hydrogen) atoms. The van der Waals surface area contributed by atoms with Gasteiger partial charge in [-0.15, -0.1) is 23.7 Å². The molecule has 1 aliphatic carbocycles. The Balaban J connectivity index is 1.49. The Morgan fingerprint density at radius 1 is 1.52 bits per heavy atom. The molecule has 5 nitrogen and oxygen atoms in total. The molecule has 110 valence electrons. The second kappa shape index (κ2) is 5.94. The zero-order chi connectivity index (χ0) is 14.7. The van der Waals surface area contributed by atoms with E-state index in [1.807, 2.05) is 5.51 Å². The van der Waals surface area contributed by atoms with Crippen LogP contribution in [0.3, 0.4) is 0 Å². The van der Waals surface area contributed by atoms with Crippen molar-refractivity contribution >= 4 is 17.2 Å². The summed E-state index contributed by atoms with van der Waals surface area (Å²) >= 11 is 1.65. The van der Waals surface area contributed by atoms with Crippen molar-refractivity contribution in [3.05, 3.63) is 16.1 Å². The zero-order valence-corrected chi connectivity index (χ0v) is 12.7. The first-order chi connectivity index (χ1) is 10.2. The van der Waals surface area contributed by atoms with Crippen LogP contribution in [0.15, 0.2) is 15.7 Å². The van der Waals surface area contributed by atoms with Crippen LogP contribution in [0.4, 0.5) is 0 Å². The van der Waals surface area contributed by atoms with E-state index in [0.717, 1.165) is 37.8 Å². The summed E-state index contributed by atoms with van der Waals surface area (Å²) in [7, 11) is 0. The molecule has 6 heteroatoms. The van der Waals surface area contributed by atoms with Crippen LogP contribution in [0.5, 0.6) is 0 Å². The quantitative estimate of drug-likeness (QED) is 0.821. The largest absolute Gasteiger partial charge is 0.355 e. The van der Waals surface area contributed by atoms with E-state index in [1.54, 1.807) is 11.3 Å². The molecule has 1 unspecified atom stereocenters. The lowest BCUT2D eigenvalue weighted by Gasteiger charge is -2.20. The fourth-order valence-corrected chi connectivity index (χ4v) is 3.66. The molecule has 2 aliphatic rings. The van der Waals surface area contributed by atoms with E-state index in [9.17, 15) is 4.79 Å². The lowest BCUT2D eigenvalue weighted by molar-refractivity contribution is -0.122. The van der Waals surface area contributed by atoms with Gasteiger partial charge >= 0.3 is 0 Å². The minimum absolute atomic E-state index is 0.0783. The lowest BCUT2D eigenvalue weighted by Crippen LogP contribution is -2.33. The highest BCUT2D eigenvalue weighted by molar-refractivity contribution is 7.09. The fraction of sp³-hybridized carbons (Fsp3) is 0.600. The Kier molecular flexibility index (Phi) is 4.02. The van der Waals surface area contributed by atoms with Crippen LogP contribution in [-0.2, 0) is 11.2 Å². The van der Waals surface area contributed by atoms with E-state index in [2.05, 4.69) is 26.4 Å². The number of hydrogen-bond donors (Lipinski definition) is 1. The third-order valence-electron chi connectivity index (χ3n) is 4.09. The van der Waals surface area contributed by atoms with Crippen molar-refractivity contribution in [1.82, 2.24) is 10.3 Å². The molecule has 3 rings (SSSR count). The van der Waals surface area contributed by atoms with Crippen LogP contribution < -0.4 is 5.32 Å². The summed E-state index contributed by atoms with van der Waals surface area (Å²) in [6.45, 7) is 0.590. The molecule has 1 aromatic rings. The molecular weight excluding hydrogens is 284 g/mol. The Labute approximate surface area is 128 Å². The maximum absolute atomic E-state index is 12.3. The van der Waals surface area contributed by atoms with Crippen LogP contribution in [-0.4, -0.2) is 23.1 Å². The van der Waals surface area contributed by atoms with Gasteiger partial charge < -0.3 is 5.32 Å².